The van der Waals surface area contributed by atoms with Gasteiger partial charge in [0.2, 0.25) is 0 Å². The fraction of sp³-hybridized carbons (Fsp3) is 0.143. The van der Waals surface area contributed by atoms with Gasteiger partial charge in [0.05, 0.1) is 11.7 Å². The summed E-state index contributed by atoms with van der Waals surface area (Å²) >= 11 is 5.89. The summed E-state index contributed by atoms with van der Waals surface area (Å²) in [5, 5.41) is 3.96. The van der Waals surface area contributed by atoms with Crippen LogP contribution in [0.4, 0.5) is 10.1 Å². The van der Waals surface area contributed by atoms with E-state index in [0.29, 0.717) is 11.6 Å². The predicted molar refractivity (Wildman–Crippen MR) is 69.7 cm³/mol. The minimum absolute atomic E-state index is 0.0469. The molecule has 1 aliphatic rings. The molecule has 0 aliphatic carbocycles. The van der Waals surface area contributed by atoms with Gasteiger partial charge in [0, 0.05) is 11.1 Å². The first-order valence-corrected chi connectivity index (χ1v) is 6.04. The van der Waals surface area contributed by atoms with Gasteiger partial charge in [-0.15, -0.1) is 0 Å². The van der Waals surface area contributed by atoms with E-state index in [1.54, 1.807) is 18.2 Å². The standard InChI is InChI=1S/C14H11ClFNO/c15-10-4-5-12-14(7-10)18-8-13(17-12)9-2-1-3-11(16)6-9/h1-7,13,17H,8H2/t13-/m1/s1. The number of anilines is 1. The molecule has 1 N–H and O–H groups in total. The van der Waals surface area contributed by atoms with Crippen molar-refractivity contribution in [2.45, 2.75) is 6.04 Å². The fourth-order valence-corrected chi connectivity index (χ4v) is 2.20. The molecule has 0 amide bonds. The SMILES string of the molecule is Fc1cccc([C@H]2COc3cc(Cl)ccc3N2)c1. The van der Waals surface area contributed by atoms with Gasteiger partial charge >= 0.3 is 0 Å². The van der Waals surface area contributed by atoms with Gasteiger partial charge in [-0.1, -0.05) is 23.7 Å². The smallest absolute Gasteiger partial charge is 0.144 e. The molecule has 0 saturated carbocycles. The molecule has 0 spiro atoms. The summed E-state index contributed by atoms with van der Waals surface area (Å²) in [6.45, 7) is 0.455. The molecule has 0 fully saturated rings. The van der Waals surface area contributed by atoms with Crippen LogP contribution in [0.3, 0.4) is 0 Å². The van der Waals surface area contributed by atoms with Gasteiger partial charge in [0.25, 0.3) is 0 Å². The summed E-state index contributed by atoms with van der Waals surface area (Å²) in [4.78, 5) is 0. The average Bonchev–Trinajstić information content (AvgIpc) is 2.38. The highest BCUT2D eigenvalue weighted by Gasteiger charge is 2.20. The average molecular weight is 264 g/mol. The molecule has 18 heavy (non-hydrogen) atoms. The second-order valence-corrected chi connectivity index (χ2v) is 4.64. The van der Waals surface area contributed by atoms with E-state index in [0.717, 1.165) is 17.0 Å². The summed E-state index contributed by atoms with van der Waals surface area (Å²) in [6, 6.07) is 11.9. The number of benzene rings is 2. The molecule has 3 rings (SSSR count). The van der Waals surface area contributed by atoms with Crippen molar-refractivity contribution in [1.29, 1.82) is 0 Å². The third-order valence-corrected chi connectivity index (χ3v) is 3.17. The number of nitrogens with one attached hydrogen (secondary N) is 1. The zero-order chi connectivity index (χ0) is 12.5. The Bertz CT molecular complexity index is 588. The molecule has 2 aromatic carbocycles. The molecule has 0 saturated heterocycles. The van der Waals surface area contributed by atoms with Crippen LogP contribution in [0.2, 0.25) is 5.02 Å². The first kappa shape index (κ1) is 11.4. The van der Waals surface area contributed by atoms with Crippen LogP contribution in [0.1, 0.15) is 11.6 Å². The van der Waals surface area contributed by atoms with Crippen molar-refractivity contribution >= 4 is 17.3 Å². The number of rotatable bonds is 1. The maximum atomic E-state index is 13.2. The summed E-state index contributed by atoms with van der Waals surface area (Å²) < 4.78 is 18.8. The maximum absolute atomic E-state index is 13.2. The van der Waals surface area contributed by atoms with Crippen LogP contribution in [0.25, 0.3) is 0 Å². The van der Waals surface area contributed by atoms with E-state index >= 15 is 0 Å². The van der Waals surface area contributed by atoms with Crippen molar-refractivity contribution in [3.8, 4) is 5.75 Å². The summed E-state index contributed by atoms with van der Waals surface area (Å²) in [7, 11) is 0. The van der Waals surface area contributed by atoms with Crippen LogP contribution >= 0.6 is 11.6 Å². The lowest BCUT2D eigenvalue weighted by Crippen LogP contribution is -2.23. The molecule has 1 heterocycles. The zero-order valence-corrected chi connectivity index (χ0v) is 10.2. The number of hydrogen-bond acceptors (Lipinski definition) is 2. The Morgan fingerprint density at radius 2 is 2.11 bits per heavy atom. The fourth-order valence-electron chi connectivity index (χ4n) is 2.04. The Balaban J connectivity index is 1.89. The van der Waals surface area contributed by atoms with Gasteiger partial charge in [-0.3, -0.25) is 0 Å². The molecule has 4 heteroatoms. The molecule has 2 aromatic rings. The van der Waals surface area contributed by atoms with Crippen molar-refractivity contribution in [2.75, 3.05) is 11.9 Å². The molecule has 0 radical (unpaired) electrons. The highest BCUT2D eigenvalue weighted by Crippen LogP contribution is 2.35. The van der Waals surface area contributed by atoms with Crippen LogP contribution < -0.4 is 10.1 Å². The van der Waals surface area contributed by atoms with E-state index in [9.17, 15) is 4.39 Å². The molecule has 2 nitrogen and oxygen atoms in total. The summed E-state index contributed by atoms with van der Waals surface area (Å²) in [5.74, 6) is 0.492. The van der Waals surface area contributed by atoms with Gasteiger partial charge in [-0.25, -0.2) is 4.39 Å². The van der Waals surface area contributed by atoms with Gasteiger partial charge in [-0.05, 0) is 29.8 Å². The van der Waals surface area contributed by atoms with E-state index in [-0.39, 0.29) is 11.9 Å². The zero-order valence-electron chi connectivity index (χ0n) is 9.49. The first-order chi connectivity index (χ1) is 8.72. The van der Waals surface area contributed by atoms with E-state index in [1.165, 1.54) is 12.1 Å². The second kappa shape index (κ2) is 4.50. The Kier molecular flexibility index (Phi) is 2.84. The predicted octanol–water partition coefficient (Wildman–Crippen LogP) is 4.02. The largest absolute Gasteiger partial charge is 0.489 e. The van der Waals surface area contributed by atoms with Crippen molar-refractivity contribution < 1.29 is 9.13 Å². The molecule has 0 aromatic heterocycles. The van der Waals surface area contributed by atoms with Crippen LogP contribution in [0.5, 0.6) is 5.75 Å². The van der Waals surface area contributed by atoms with E-state index in [2.05, 4.69) is 5.32 Å². The minimum Gasteiger partial charge on any atom is -0.489 e. The van der Waals surface area contributed by atoms with Crippen molar-refractivity contribution in [2.24, 2.45) is 0 Å². The second-order valence-electron chi connectivity index (χ2n) is 4.20. The van der Waals surface area contributed by atoms with Gasteiger partial charge in [-0.2, -0.15) is 0 Å². The molecule has 0 bridgehead atoms. The topological polar surface area (TPSA) is 21.3 Å². The molecule has 0 unspecified atom stereocenters. The Labute approximate surface area is 109 Å². The number of halogens is 2. The van der Waals surface area contributed by atoms with Crippen molar-refractivity contribution in [3.05, 3.63) is 58.9 Å². The third kappa shape index (κ3) is 2.14. The molecule has 1 aliphatic heterocycles. The summed E-state index contributed by atoms with van der Waals surface area (Å²) in [6.07, 6.45) is 0. The highest BCUT2D eigenvalue weighted by atomic mass is 35.5. The van der Waals surface area contributed by atoms with Crippen LogP contribution in [0.15, 0.2) is 42.5 Å². The molecular formula is C14H11ClFNO. The monoisotopic (exact) mass is 263 g/mol. The number of hydrogen-bond donors (Lipinski definition) is 1. The lowest BCUT2D eigenvalue weighted by atomic mass is 10.1. The Morgan fingerprint density at radius 3 is 2.94 bits per heavy atom. The molecule has 1 atom stereocenters. The van der Waals surface area contributed by atoms with Crippen LogP contribution in [-0.4, -0.2) is 6.61 Å². The minimum atomic E-state index is -0.240. The molecular weight excluding hydrogens is 253 g/mol. The van der Waals surface area contributed by atoms with Gasteiger partial charge in [0.1, 0.15) is 18.2 Å². The normalized spacial score (nSPS) is 17.6. The lowest BCUT2D eigenvalue weighted by Gasteiger charge is -2.27. The lowest BCUT2D eigenvalue weighted by molar-refractivity contribution is 0.286. The Hall–Kier alpha value is -1.74. The van der Waals surface area contributed by atoms with E-state index < -0.39 is 0 Å². The molecule has 92 valence electrons. The highest BCUT2D eigenvalue weighted by molar-refractivity contribution is 6.30. The van der Waals surface area contributed by atoms with Crippen LogP contribution in [0, 0.1) is 5.82 Å². The van der Waals surface area contributed by atoms with Crippen LogP contribution in [-0.2, 0) is 0 Å². The first-order valence-electron chi connectivity index (χ1n) is 5.67. The van der Waals surface area contributed by atoms with E-state index in [1.807, 2.05) is 12.1 Å². The van der Waals surface area contributed by atoms with Gasteiger partial charge < -0.3 is 10.1 Å². The maximum Gasteiger partial charge on any atom is 0.144 e. The van der Waals surface area contributed by atoms with Crippen molar-refractivity contribution in [3.63, 3.8) is 0 Å². The number of fused-ring (bicyclic) bond motifs is 1. The number of ether oxygens (including phenoxy) is 1. The van der Waals surface area contributed by atoms with Gasteiger partial charge in [0.15, 0.2) is 0 Å². The Morgan fingerprint density at radius 1 is 1.22 bits per heavy atom. The van der Waals surface area contributed by atoms with Crippen molar-refractivity contribution in [1.82, 2.24) is 0 Å². The third-order valence-electron chi connectivity index (χ3n) is 2.93. The quantitative estimate of drug-likeness (QED) is 0.839. The summed E-state index contributed by atoms with van der Waals surface area (Å²) in [5.41, 5.74) is 1.75. The van der Waals surface area contributed by atoms with E-state index in [4.69, 9.17) is 16.3 Å².